The van der Waals surface area contributed by atoms with Gasteiger partial charge in [-0.15, -0.1) is 0 Å². The van der Waals surface area contributed by atoms with Crippen LogP contribution in [0.2, 0.25) is 0 Å². The van der Waals surface area contributed by atoms with Crippen molar-refractivity contribution in [3.05, 3.63) is 18.2 Å². The van der Waals surface area contributed by atoms with E-state index in [4.69, 9.17) is 9.47 Å². The molecule has 2 aliphatic carbocycles. The van der Waals surface area contributed by atoms with E-state index in [1.165, 1.54) is 19.8 Å². The van der Waals surface area contributed by atoms with Crippen LogP contribution >= 0.6 is 0 Å². The van der Waals surface area contributed by atoms with Crippen molar-refractivity contribution in [2.75, 3.05) is 6.54 Å². The normalized spacial score (nSPS) is 22.7. The van der Waals surface area contributed by atoms with E-state index in [0.29, 0.717) is 25.3 Å². The molecule has 2 saturated carbocycles. The minimum Gasteiger partial charge on any atom is -0.481 e. The average Bonchev–Trinajstić information content (AvgIpc) is 3.30. The lowest BCUT2D eigenvalue weighted by Crippen LogP contribution is -2.32. The standard InChI is InChI=1S/C26H41N3O6/c1-18-10-12-23(13-11-18)29-16-22(28-17-29)15-21(24(30)31)9-6-14-27-26(33)35-19(2)34-25(32)20-7-4-3-5-8-20/h16-21,23H,3-15H2,1-2H3,(H,27,33)(H,30,31)/t18?,19?,21-,23?/m0/s1. The maximum atomic E-state index is 12.1. The zero-order valence-corrected chi connectivity index (χ0v) is 21.1. The van der Waals surface area contributed by atoms with Gasteiger partial charge >= 0.3 is 18.0 Å². The number of aliphatic carboxylic acids is 1. The van der Waals surface area contributed by atoms with Gasteiger partial charge in [-0.05, 0) is 57.3 Å². The minimum absolute atomic E-state index is 0.108. The van der Waals surface area contributed by atoms with E-state index in [0.717, 1.165) is 56.6 Å². The zero-order valence-electron chi connectivity index (χ0n) is 21.1. The molecule has 1 aromatic heterocycles. The molecular weight excluding hydrogens is 450 g/mol. The number of hydrogen-bond donors (Lipinski definition) is 2. The first-order valence-electron chi connectivity index (χ1n) is 13.2. The number of esters is 1. The summed E-state index contributed by atoms with van der Waals surface area (Å²) in [6.45, 7) is 4.09. The van der Waals surface area contributed by atoms with Crippen molar-refractivity contribution in [1.82, 2.24) is 14.9 Å². The second kappa shape index (κ2) is 13.5. The van der Waals surface area contributed by atoms with Gasteiger partial charge in [0.2, 0.25) is 6.29 Å². The van der Waals surface area contributed by atoms with E-state index in [1.54, 1.807) is 0 Å². The van der Waals surface area contributed by atoms with Gasteiger partial charge in [0.15, 0.2) is 0 Å². The fourth-order valence-corrected chi connectivity index (χ4v) is 5.14. The number of carbonyl (C=O) groups is 3. The molecule has 2 atom stereocenters. The predicted molar refractivity (Wildman–Crippen MR) is 130 cm³/mol. The van der Waals surface area contributed by atoms with Gasteiger partial charge in [0, 0.05) is 32.1 Å². The van der Waals surface area contributed by atoms with E-state index in [-0.39, 0.29) is 18.4 Å². The molecule has 0 aliphatic heterocycles. The molecule has 2 N–H and O–H groups in total. The Morgan fingerprint density at radius 1 is 1.11 bits per heavy atom. The van der Waals surface area contributed by atoms with E-state index in [2.05, 4.69) is 21.8 Å². The number of rotatable bonds is 11. The molecule has 1 amide bonds. The van der Waals surface area contributed by atoms with Gasteiger partial charge in [0.25, 0.3) is 0 Å². The summed E-state index contributed by atoms with van der Waals surface area (Å²) in [6, 6.07) is 0.454. The second-order valence-corrected chi connectivity index (χ2v) is 10.3. The van der Waals surface area contributed by atoms with Crippen LogP contribution < -0.4 is 5.32 Å². The molecule has 0 spiro atoms. The highest BCUT2D eigenvalue weighted by Crippen LogP contribution is 2.32. The van der Waals surface area contributed by atoms with Gasteiger partial charge in [-0.25, -0.2) is 9.78 Å². The van der Waals surface area contributed by atoms with Crippen molar-refractivity contribution < 1.29 is 29.0 Å². The number of nitrogens with zero attached hydrogens (tertiary/aromatic N) is 2. The molecule has 9 nitrogen and oxygen atoms in total. The smallest absolute Gasteiger partial charge is 0.410 e. The topological polar surface area (TPSA) is 120 Å². The number of amides is 1. The number of carbonyl (C=O) groups excluding carboxylic acids is 2. The number of alkyl carbamates (subject to hydrolysis) is 1. The molecule has 196 valence electrons. The van der Waals surface area contributed by atoms with Crippen molar-refractivity contribution in [2.45, 2.75) is 103 Å². The first-order chi connectivity index (χ1) is 16.8. The molecule has 0 radical (unpaired) electrons. The number of aromatic nitrogens is 2. The first-order valence-corrected chi connectivity index (χ1v) is 13.2. The van der Waals surface area contributed by atoms with Crippen LogP contribution in [0, 0.1) is 17.8 Å². The van der Waals surface area contributed by atoms with Gasteiger partial charge in [0.05, 0.1) is 23.9 Å². The van der Waals surface area contributed by atoms with Crippen LogP contribution in [0.1, 0.15) is 96.2 Å². The second-order valence-electron chi connectivity index (χ2n) is 10.3. The predicted octanol–water partition coefficient (Wildman–Crippen LogP) is 4.85. The maximum absolute atomic E-state index is 12.1. The third-order valence-corrected chi connectivity index (χ3v) is 7.36. The molecule has 0 bridgehead atoms. The Labute approximate surface area is 208 Å². The monoisotopic (exact) mass is 491 g/mol. The van der Waals surface area contributed by atoms with Gasteiger partial charge in [-0.2, -0.15) is 0 Å². The van der Waals surface area contributed by atoms with E-state index in [1.807, 2.05) is 12.5 Å². The van der Waals surface area contributed by atoms with Crippen LogP contribution in [0.3, 0.4) is 0 Å². The highest BCUT2D eigenvalue weighted by molar-refractivity contribution is 5.73. The Hall–Kier alpha value is -2.58. The Kier molecular flexibility index (Phi) is 10.4. The maximum Gasteiger partial charge on any atom is 0.410 e. The van der Waals surface area contributed by atoms with Crippen molar-refractivity contribution in [3.8, 4) is 0 Å². The molecule has 1 unspecified atom stereocenters. The third kappa shape index (κ3) is 8.85. The lowest BCUT2D eigenvalue weighted by molar-refractivity contribution is -0.171. The fraction of sp³-hybridized carbons (Fsp3) is 0.769. The van der Waals surface area contributed by atoms with Crippen molar-refractivity contribution in [3.63, 3.8) is 0 Å². The molecule has 3 rings (SSSR count). The lowest BCUT2D eigenvalue weighted by atomic mass is 9.87. The molecule has 9 heteroatoms. The van der Waals surface area contributed by atoms with E-state index in [9.17, 15) is 19.5 Å². The number of carboxylic acids is 1. The summed E-state index contributed by atoms with van der Waals surface area (Å²) >= 11 is 0. The van der Waals surface area contributed by atoms with Crippen LogP contribution in [-0.4, -0.2) is 45.5 Å². The molecule has 35 heavy (non-hydrogen) atoms. The summed E-state index contributed by atoms with van der Waals surface area (Å²) < 4.78 is 12.5. The molecule has 1 aromatic rings. The number of carboxylic acid groups (broad SMARTS) is 1. The van der Waals surface area contributed by atoms with Crippen LogP contribution in [0.5, 0.6) is 0 Å². The van der Waals surface area contributed by atoms with E-state index >= 15 is 0 Å². The number of nitrogens with one attached hydrogen (secondary N) is 1. The number of ether oxygens (including phenoxy) is 2. The fourth-order valence-electron chi connectivity index (χ4n) is 5.14. The summed E-state index contributed by atoms with van der Waals surface area (Å²) in [5, 5.41) is 12.3. The highest BCUT2D eigenvalue weighted by Gasteiger charge is 2.25. The van der Waals surface area contributed by atoms with Crippen molar-refractivity contribution in [2.24, 2.45) is 17.8 Å². The van der Waals surface area contributed by atoms with Gasteiger partial charge in [-0.1, -0.05) is 26.2 Å². The molecule has 2 aliphatic rings. The molecule has 0 aromatic carbocycles. The Morgan fingerprint density at radius 3 is 2.51 bits per heavy atom. The van der Waals surface area contributed by atoms with Gasteiger partial charge < -0.3 is 24.5 Å². The summed E-state index contributed by atoms with van der Waals surface area (Å²) in [4.78, 5) is 40.4. The van der Waals surface area contributed by atoms with Gasteiger partial charge in [0.1, 0.15) is 0 Å². The summed E-state index contributed by atoms with van der Waals surface area (Å²) in [5.41, 5.74) is 0.789. The highest BCUT2D eigenvalue weighted by atomic mass is 16.7. The summed E-state index contributed by atoms with van der Waals surface area (Å²) in [7, 11) is 0. The molecule has 2 fully saturated rings. The van der Waals surface area contributed by atoms with Crippen LogP contribution in [-0.2, 0) is 25.5 Å². The molecule has 0 saturated heterocycles. The quantitative estimate of drug-likeness (QED) is 0.258. The summed E-state index contributed by atoms with van der Waals surface area (Å²) in [5.74, 6) is -1.08. The number of imidazole rings is 1. The SMILES string of the molecule is CC1CCC(n2cnc(C[C@H](CCCNC(=O)OC(C)OC(=O)C3CCCCC3)C(=O)O)c2)CC1. The van der Waals surface area contributed by atoms with E-state index < -0.39 is 24.3 Å². The zero-order chi connectivity index (χ0) is 25.2. The Balaban J connectivity index is 1.34. The Morgan fingerprint density at radius 2 is 1.83 bits per heavy atom. The average molecular weight is 492 g/mol. The first kappa shape index (κ1) is 27.0. The van der Waals surface area contributed by atoms with Crippen LogP contribution in [0.15, 0.2) is 12.5 Å². The van der Waals surface area contributed by atoms with Crippen molar-refractivity contribution in [1.29, 1.82) is 0 Å². The van der Waals surface area contributed by atoms with Crippen LogP contribution in [0.4, 0.5) is 4.79 Å². The third-order valence-electron chi connectivity index (χ3n) is 7.36. The lowest BCUT2D eigenvalue weighted by Gasteiger charge is -2.26. The summed E-state index contributed by atoms with van der Waals surface area (Å²) in [6.07, 6.45) is 13.0. The largest absolute Gasteiger partial charge is 0.481 e. The minimum atomic E-state index is -0.960. The molecular formula is C26H41N3O6. The Bertz CT molecular complexity index is 827. The number of hydrogen-bond acceptors (Lipinski definition) is 6. The van der Waals surface area contributed by atoms with Gasteiger partial charge in [-0.3, -0.25) is 9.59 Å². The van der Waals surface area contributed by atoms with Crippen LogP contribution in [0.25, 0.3) is 0 Å². The molecule has 1 heterocycles. The van der Waals surface area contributed by atoms with Crippen molar-refractivity contribution >= 4 is 18.0 Å².